The Morgan fingerprint density at radius 2 is 2.10 bits per heavy atom. The van der Waals surface area contributed by atoms with Gasteiger partial charge in [-0.15, -0.1) is 11.3 Å². The van der Waals surface area contributed by atoms with Crippen LogP contribution < -0.4 is 0 Å². The van der Waals surface area contributed by atoms with Crippen LogP contribution >= 0.6 is 34.5 Å². The van der Waals surface area contributed by atoms with Crippen LogP contribution in [0.1, 0.15) is 10.4 Å². The number of halogens is 2. The zero-order chi connectivity index (χ0) is 14.1. The van der Waals surface area contributed by atoms with Crippen LogP contribution in [0.25, 0.3) is 6.08 Å². The van der Waals surface area contributed by atoms with Crippen LogP contribution in [0.2, 0.25) is 10.0 Å². The zero-order valence-electron chi connectivity index (χ0n) is 9.97. The summed E-state index contributed by atoms with van der Waals surface area (Å²) in [7, 11) is 0. The molecule has 0 amide bonds. The smallest absolute Gasteiger partial charge is 0.363 e. The molecule has 1 aliphatic heterocycles. The van der Waals surface area contributed by atoms with E-state index in [1.807, 2.05) is 17.5 Å². The first-order valence-electron chi connectivity index (χ1n) is 5.65. The van der Waals surface area contributed by atoms with E-state index >= 15 is 0 Å². The molecule has 0 saturated heterocycles. The van der Waals surface area contributed by atoms with Crippen molar-refractivity contribution in [3.8, 4) is 0 Å². The fourth-order valence-corrected chi connectivity index (χ4v) is 2.84. The fraction of sp³-hybridized carbons (Fsp3) is 0. The molecule has 20 heavy (non-hydrogen) atoms. The molecule has 1 aliphatic rings. The van der Waals surface area contributed by atoms with E-state index in [0.29, 0.717) is 15.6 Å². The topological polar surface area (TPSA) is 38.7 Å². The number of thiophene rings is 1. The standard InChI is InChI=1S/C14H7Cl2NO2S/c15-8-3-4-10(11(16)6-8)13-17-12(14(18)19-13)7-9-2-1-5-20-9/h1-7H/b12-7+. The predicted octanol–water partition coefficient (Wildman–Crippen LogP) is 4.40. The van der Waals surface area contributed by atoms with Gasteiger partial charge >= 0.3 is 5.97 Å². The molecule has 0 fully saturated rings. The molecule has 100 valence electrons. The molecule has 2 heterocycles. The minimum atomic E-state index is -0.487. The van der Waals surface area contributed by atoms with Crippen LogP contribution in [-0.2, 0) is 9.53 Å². The summed E-state index contributed by atoms with van der Waals surface area (Å²) in [5.41, 5.74) is 0.799. The van der Waals surface area contributed by atoms with E-state index in [-0.39, 0.29) is 11.6 Å². The van der Waals surface area contributed by atoms with Gasteiger partial charge in [-0.3, -0.25) is 0 Å². The molecule has 2 aromatic rings. The van der Waals surface area contributed by atoms with Crippen LogP contribution in [0.4, 0.5) is 0 Å². The van der Waals surface area contributed by atoms with Crippen molar-refractivity contribution >= 4 is 52.5 Å². The van der Waals surface area contributed by atoms with Gasteiger partial charge in [0.1, 0.15) is 0 Å². The third-order valence-electron chi connectivity index (χ3n) is 2.60. The lowest BCUT2D eigenvalue weighted by molar-refractivity contribution is -0.129. The highest BCUT2D eigenvalue weighted by Gasteiger charge is 2.25. The first-order chi connectivity index (χ1) is 9.63. The highest BCUT2D eigenvalue weighted by molar-refractivity contribution is 7.10. The second-order valence-corrected chi connectivity index (χ2v) is 5.80. The van der Waals surface area contributed by atoms with E-state index in [1.165, 1.54) is 11.3 Å². The summed E-state index contributed by atoms with van der Waals surface area (Å²) < 4.78 is 5.15. The first-order valence-corrected chi connectivity index (χ1v) is 7.28. The Labute approximate surface area is 129 Å². The lowest BCUT2D eigenvalue weighted by Gasteiger charge is -2.02. The summed E-state index contributed by atoms with van der Waals surface area (Å²) in [6.07, 6.45) is 1.68. The SMILES string of the molecule is O=C1OC(c2ccc(Cl)cc2Cl)=N/C1=C/c1cccs1. The molecule has 3 nitrogen and oxygen atoms in total. The van der Waals surface area contributed by atoms with Gasteiger partial charge in [-0.2, -0.15) is 0 Å². The highest BCUT2D eigenvalue weighted by Crippen LogP contribution is 2.26. The van der Waals surface area contributed by atoms with E-state index in [4.69, 9.17) is 27.9 Å². The van der Waals surface area contributed by atoms with Crippen molar-refractivity contribution in [2.45, 2.75) is 0 Å². The molecule has 0 N–H and O–H groups in total. The highest BCUT2D eigenvalue weighted by atomic mass is 35.5. The van der Waals surface area contributed by atoms with Gasteiger partial charge in [0, 0.05) is 9.90 Å². The zero-order valence-corrected chi connectivity index (χ0v) is 12.3. The Balaban J connectivity index is 1.98. The molecule has 1 aromatic carbocycles. The summed E-state index contributed by atoms with van der Waals surface area (Å²) in [6, 6.07) is 8.71. The average molecular weight is 324 g/mol. The molecule has 0 aliphatic carbocycles. The van der Waals surface area contributed by atoms with Gasteiger partial charge in [0.05, 0.1) is 10.6 Å². The summed E-state index contributed by atoms with van der Waals surface area (Å²) >= 11 is 13.4. The molecule has 0 bridgehead atoms. The number of aliphatic imine (C=N–C) groups is 1. The Bertz CT molecular complexity index is 736. The molecule has 6 heteroatoms. The van der Waals surface area contributed by atoms with Crippen LogP contribution in [0.3, 0.4) is 0 Å². The monoisotopic (exact) mass is 323 g/mol. The van der Waals surface area contributed by atoms with E-state index in [0.717, 1.165) is 4.88 Å². The van der Waals surface area contributed by atoms with Gasteiger partial charge in [-0.1, -0.05) is 29.3 Å². The molecule has 0 atom stereocenters. The van der Waals surface area contributed by atoms with Gasteiger partial charge in [0.25, 0.3) is 0 Å². The molecule has 1 aromatic heterocycles. The minimum absolute atomic E-state index is 0.194. The second-order valence-electron chi connectivity index (χ2n) is 3.98. The van der Waals surface area contributed by atoms with E-state index in [2.05, 4.69) is 4.99 Å². The number of ether oxygens (including phenoxy) is 1. The van der Waals surface area contributed by atoms with E-state index < -0.39 is 5.97 Å². The molecular formula is C14H7Cl2NO2S. The van der Waals surface area contributed by atoms with Crippen molar-refractivity contribution in [3.05, 3.63) is 61.9 Å². The van der Waals surface area contributed by atoms with Crippen LogP contribution in [0.15, 0.2) is 46.4 Å². The van der Waals surface area contributed by atoms with Gasteiger partial charge in [-0.05, 0) is 35.7 Å². The largest absolute Gasteiger partial charge is 0.402 e. The molecule has 0 spiro atoms. The fourth-order valence-electron chi connectivity index (χ4n) is 1.70. The van der Waals surface area contributed by atoms with Crippen molar-refractivity contribution in [1.29, 1.82) is 0 Å². The van der Waals surface area contributed by atoms with E-state index in [1.54, 1.807) is 24.3 Å². The van der Waals surface area contributed by atoms with Crippen molar-refractivity contribution < 1.29 is 9.53 Å². The number of benzene rings is 1. The maximum atomic E-state index is 11.8. The van der Waals surface area contributed by atoms with Crippen molar-refractivity contribution in [2.24, 2.45) is 4.99 Å². The van der Waals surface area contributed by atoms with Crippen LogP contribution in [-0.4, -0.2) is 11.9 Å². The van der Waals surface area contributed by atoms with Gasteiger partial charge < -0.3 is 4.74 Å². The van der Waals surface area contributed by atoms with Gasteiger partial charge in [-0.25, -0.2) is 9.79 Å². The second kappa shape index (κ2) is 5.40. The normalized spacial score (nSPS) is 16.4. The summed E-state index contributed by atoms with van der Waals surface area (Å²) in [6.45, 7) is 0. The number of carbonyl (C=O) groups is 1. The number of hydrogen-bond acceptors (Lipinski definition) is 4. The maximum absolute atomic E-state index is 11.8. The predicted molar refractivity (Wildman–Crippen MR) is 81.4 cm³/mol. The quantitative estimate of drug-likeness (QED) is 0.607. The number of carbonyl (C=O) groups excluding carboxylic acids is 1. The molecule has 3 rings (SSSR count). The minimum Gasteiger partial charge on any atom is -0.402 e. The Hall–Kier alpha value is -1.62. The molecule has 0 unspecified atom stereocenters. The third kappa shape index (κ3) is 2.63. The summed E-state index contributed by atoms with van der Waals surface area (Å²) in [4.78, 5) is 16.9. The van der Waals surface area contributed by atoms with Gasteiger partial charge in [0.2, 0.25) is 5.90 Å². The lowest BCUT2D eigenvalue weighted by Crippen LogP contribution is -2.05. The average Bonchev–Trinajstić information content (AvgIpc) is 3.01. The van der Waals surface area contributed by atoms with Crippen molar-refractivity contribution in [2.75, 3.05) is 0 Å². The number of hydrogen-bond donors (Lipinski definition) is 0. The number of nitrogens with zero attached hydrogens (tertiary/aromatic N) is 1. The molecule has 0 radical (unpaired) electrons. The first kappa shape index (κ1) is 13.4. The van der Waals surface area contributed by atoms with Crippen LogP contribution in [0, 0.1) is 0 Å². The third-order valence-corrected chi connectivity index (χ3v) is 3.97. The maximum Gasteiger partial charge on any atom is 0.363 e. The van der Waals surface area contributed by atoms with E-state index in [9.17, 15) is 4.79 Å². The Kier molecular flexibility index (Phi) is 3.61. The molecule has 0 saturated carbocycles. The Morgan fingerprint density at radius 1 is 1.25 bits per heavy atom. The van der Waals surface area contributed by atoms with Crippen molar-refractivity contribution in [3.63, 3.8) is 0 Å². The lowest BCUT2D eigenvalue weighted by atomic mass is 10.2. The molecular weight excluding hydrogens is 317 g/mol. The number of cyclic esters (lactones) is 1. The van der Waals surface area contributed by atoms with Crippen molar-refractivity contribution in [1.82, 2.24) is 0 Å². The summed E-state index contributed by atoms with van der Waals surface area (Å²) in [5.74, 6) is -0.293. The number of rotatable bonds is 2. The summed E-state index contributed by atoms with van der Waals surface area (Å²) in [5, 5.41) is 2.83. The van der Waals surface area contributed by atoms with Crippen LogP contribution in [0.5, 0.6) is 0 Å². The Morgan fingerprint density at radius 3 is 2.80 bits per heavy atom. The number of esters is 1. The van der Waals surface area contributed by atoms with Gasteiger partial charge in [0.15, 0.2) is 5.70 Å².